The van der Waals surface area contributed by atoms with Gasteiger partial charge in [-0.1, -0.05) is 11.6 Å². The van der Waals surface area contributed by atoms with E-state index in [2.05, 4.69) is 15.9 Å². The second-order valence-corrected chi connectivity index (χ2v) is 5.74. The molecule has 0 aliphatic rings. The van der Waals surface area contributed by atoms with E-state index in [-0.39, 0.29) is 5.78 Å². The Labute approximate surface area is 137 Å². The lowest BCUT2D eigenvalue weighted by Crippen LogP contribution is -2.05. The number of rotatable bonds is 4. The number of carbonyl (C=O) groups is 1. The molecule has 0 aromatic heterocycles. The fourth-order valence-corrected chi connectivity index (χ4v) is 2.58. The standard InChI is InChI=1S/C16H14BrClO3/c1-9-6-10(4-5-13(9)18)16(19)11-7-15(21-3)12(17)8-14(11)20-2/h4-8H,1-3H3. The van der Waals surface area contributed by atoms with E-state index in [0.717, 1.165) is 10.0 Å². The molecule has 3 nitrogen and oxygen atoms in total. The van der Waals surface area contributed by atoms with E-state index < -0.39 is 0 Å². The third-order valence-corrected chi connectivity index (χ3v) is 4.18. The number of halogens is 2. The van der Waals surface area contributed by atoms with Crippen molar-refractivity contribution in [1.29, 1.82) is 0 Å². The maximum Gasteiger partial charge on any atom is 0.196 e. The molecule has 0 heterocycles. The molecule has 0 radical (unpaired) electrons. The molecule has 0 bridgehead atoms. The van der Waals surface area contributed by atoms with Gasteiger partial charge < -0.3 is 9.47 Å². The van der Waals surface area contributed by atoms with Crippen LogP contribution < -0.4 is 9.47 Å². The monoisotopic (exact) mass is 368 g/mol. The van der Waals surface area contributed by atoms with Crippen LogP contribution >= 0.6 is 27.5 Å². The molecule has 5 heteroatoms. The zero-order chi connectivity index (χ0) is 15.6. The molecule has 2 aromatic carbocycles. The Morgan fingerprint density at radius 2 is 1.76 bits per heavy atom. The van der Waals surface area contributed by atoms with Crippen LogP contribution in [-0.4, -0.2) is 20.0 Å². The molecule has 0 fully saturated rings. The van der Waals surface area contributed by atoms with E-state index >= 15 is 0 Å². The SMILES string of the molecule is COc1cc(C(=O)c2ccc(Cl)c(C)c2)c(OC)cc1Br. The van der Waals surface area contributed by atoms with E-state index in [9.17, 15) is 4.79 Å². The minimum absolute atomic E-state index is 0.141. The van der Waals surface area contributed by atoms with Crippen molar-refractivity contribution in [3.8, 4) is 11.5 Å². The van der Waals surface area contributed by atoms with Crippen molar-refractivity contribution < 1.29 is 14.3 Å². The third kappa shape index (κ3) is 3.22. The molecule has 0 N–H and O–H groups in total. The fraction of sp³-hybridized carbons (Fsp3) is 0.188. The minimum atomic E-state index is -0.141. The van der Waals surface area contributed by atoms with Crippen molar-refractivity contribution >= 4 is 33.3 Å². The molecule has 0 unspecified atom stereocenters. The molecule has 0 amide bonds. The maximum absolute atomic E-state index is 12.7. The number of ketones is 1. The molecule has 0 saturated carbocycles. The molecule has 0 saturated heterocycles. The van der Waals surface area contributed by atoms with Crippen LogP contribution in [0.4, 0.5) is 0 Å². The summed E-state index contributed by atoms with van der Waals surface area (Å²) in [5, 5.41) is 0.631. The van der Waals surface area contributed by atoms with E-state index in [0.29, 0.717) is 27.6 Å². The summed E-state index contributed by atoms with van der Waals surface area (Å²) < 4.78 is 11.3. The second-order valence-electron chi connectivity index (χ2n) is 4.48. The van der Waals surface area contributed by atoms with E-state index in [1.165, 1.54) is 7.11 Å². The van der Waals surface area contributed by atoms with Crippen LogP contribution in [0.1, 0.15) is 21.5 Å². The number of carbonyl (C=O) groups excluding carboxylic acids is 1. The van der Waals surface area contributed by atoms with Crippen LogP contribution in [0.3, 0.4) is 0 Å². The normalized spacial score (nSPS) is 10.3. The number of benzene rings is 2. The number of hydrogen-bond donors (Lipinski definition) is 0. The fourth-order valence-electron chi connectivity index (χ4n) is 1.98. The van der Waals surface area contributed by atoms with Crippen molar-refractivity contribution in [2.24, 2.45) is 0 Å². The topological polar surface area (TPSA) is 35.5 Å². The molecule has 110 valence electrons. The summed E-state index contributed by atoms with van der Waals surface area (Å²) in [5.74, 6) is 0.919. The Morgan fingerprint density at radius 1 is 1.10 bits per heavy atom. The number of methoxy groups -OCH3 is 2. The Bertz CT molecular complexity index is 698. The average Bonchev–Trinajstić information content (AvgIpc) is 2.49. The summed E-state index contributed by atoms with van der Waals surface area (Å²) in [7, 11) is 3.07. The van der Waals surface area contributed by atoms with Gasteiger partial charge in [0.1, 0.15) is 11.5 Å². The lowest BCUT2D eigenvalue weighted by molar-refractivity contribution is 0.103. The third-order valence-electron chi connectivity index (χ3n) is 3.14. The van der Waals surface area contributed by atoms with Crippen molar-refractivity contribution in [3.63, 3.8) is 0 Å². The number of aryl methyl sites for hydroxylation is 1. The van der Waals surface area contributed by atoms with Crippen LogP contribution in [0.15, 0.2) is 34.8 Å². The van der Waals surface area contributed by atoms with Crippen LogP contribution in [0, 0.1) is 6.92 Å². The summed E-state index contributed by atoms with van der Waals surface area (Å²) in [4.78, 5) is 12.7. The van der Waals surface area contributed by atoms with Crippen LogP contribution in [-0.2, 0) is 0 Å². The Morgan fingerprint density at radius 3 is 2.33 bits per heavy atom. The van der Waals surface area contributed by atoms with Gasteiger partial charge >= 0.3 is 0 Å². The van der Waals surface area contributed by atoms with Gasteiger partial charge in [-0.3, -0.25) is 4.79 Å². The predicted molar refractivity (Wildman–Crippen MR) is 86.9 cm³/mol. The molecule has 0 atom stereocenters. The summed E-state index contributed by atoms with van der Waals surface area (Å²) in [5.41, 5.74) is 1.85. The van der Waals surface area contributed by atoms with E-state index in [1.54, 1.807) is 37.4 Å². The van der Waals surface area contributed by atoms with E-state index in [4.69, 9.17) is 21.1 Å². The van der Waals surface area contributed by atoms with Gasteiger partial charge in [-0.25, -0.2) is 0 Å². The lowest BCUT2D eigenvalue weighted by Gasteiger charge is -2.12. The van der Waals surface area contributed by atoms with Gasteiger partial charge in [-0.15, -0.1) is 0 Å². The number of hydrogen-bond acceptors (Lipinski definition) is 3. The van der Waals surface area contributed by atoms with E-state index in [1.807, 2.05) is 6.92 Å². The highest BCUT2D eigenvalue weighted by molar-refractivity contribution is 9.10. The van der Waals surface area contributed by atoms with Gasteiger partial charge in [-0.2, -0.15) is 0 Å². The zero-order valence-corrected chi connectivity index (χ0v) is 14.2. The summed E-state index contributed by atoms with van der Waals surface area (Å²) in [6.45, 7) is 1.86. The van der Waals surface area contributed by atoms with Crippen LogP contribution in [0.5, 0.6) is 11.5 Å². The van der Waals surface area contributed by atoms with Crippen LogP contribution in [0.25, 0.3) is 0 Å². The first-order valence-electron chi connectivity index (χ1n) is 6.20. The maximum atomic E-state index is 12.7. The predicted octanol–water partition coefficient (Wildman–Crippen LogP) is 4.66. The highest BCUT2D eigenvalue weighted by atomic mass is 79.9. The van der Waals surface area contributed by atoms with Crippen molar-refractivity contribution in [2.75, 3.05) is 14.2 Å². The van der Waals surface area contributed by atoms with Crippen LogP contribution in [0.2, 0.25) is 5.02 Å². The molecular weight excluding hydrogens is 356 g/mol. The Balaban J connectivity index is 2.53. The molecular formula is C16H14BrClO3. The summed E-state index contributed by atoms with van der Waals surface area (Å²) in [6, 6.07) is 8.56. The van der Waals surface area contributed by atoms with Crippen molar-refractivity contribution in [3.05, 3.63) is 56.5 Å². The Kier molecular flexibility index (Phi) is 4.91. The lowest BCUT2D eigenvalue weighted by atomic mass is 10.0. The molecule has 21 heavy (non-hydrogen) atoms. The van der Waals surface area contributed by atoms with Crippen molar-refractivity contribution in [1.82, 2.24) is 0 Å². The van der Waals surface area contributed by atoms with Crippen molar-refractivity contribution in [2.45, 2.75) is 6.92 Å². The van der Waals surface area contributed by atoms with Gasteiger partial charge in [0, 0.05) is 10.6 Å². The molecule has 0 aliphatic heterocycles. The first kappa shape index (κ1) is 15.9. The van der Waals surface area contributed by atoms with Gasteiger partial charge in [0.2, 0.25) is 0 Å². The first-order valence-corrected chi connectivity index (χ1v) is 7.37. The zero-order valence-electron chi connectivity index (χ0n) is 11.9. The summed E-state index contributed by atoms with van der Waals surface area (Å²) in [6.07, 6.45) is 0. The first-order chi connectivity index (χ1) is 9.97. The quantitative estimate of drug-likeness (QED) is 0.735. The van der Waals surface area contributed by atoms with Gasteiger partial charge in [-0.05, 0) is 58.7 Å². The summed E-state index contributed by atoms with van der Waals surface area (Å²) >= 11 is 9.37. The number of ether oxygens (including phenoxy) is 2. The highest BCUT2D eigenvalue weighted by Gasteiger charge is 2.18. The minimum Gasteiger partial charge on any atom is -0.496 e. The molecule has 0 aliphatic carbocycles. The highest BCUT2D eigenvalue weighted by Crippen LogP contribution is 2.34. The van der Waals surface area contributed by atoms with Gasteiger partial charge in [0.15, 0.2) is 5.78 Å². The Hall–Kier alpha value is -1.52. The molecule has 2 rings (SSSR count). The average molecular weight is 370 g/mol. The smallest absolute Gasteiger partial charge is 0.196 e. The largest absolute Gasteiger partial charge is 0.496 e. The molecule has 2 aromatic rings. The molecule has 0 spiro atoms. The van der Waals surface area contributed by atoms with Gasteiger partial charge in [0.25, 0.3) is 0 Å². The van der Waals surface area contributed by atoms with Gasteiger partial charge in [0.05, 0.1) is 24.3 Å². The second kappa shape index (κ2) is 6.50.